The molecule has 0 fully saturated rings. The number of nitrogens with zero attached hydrogens (tertiary/aromatic N) is 3. The summed E-state index contributed by atoms with van der Waals surface area (Å²) in [6, 6.07) is 5.85. The van der Waals surface area contributed by atoms with Gasteiger partial charge in [0.2, 0.25) is 0 Å². The Bertz CT molecular complexity index is 464. The van der Waals surface area contributed by atoms with Crippen LogP contribution < -0.4 is 5.73 Å². The Morgan fingerprint density at radius 1 is 1.43 bits per heavy atom. The Hall–Kier alpha value is -1.11. The zero-order chi connectivity index (χ0) is 10.1. The highest BCUT2D eigenvalue weighted by Crippen LogP contribution is 2.25. The summed E-state index contributed by atoms with van der Waals surface area (Å²) in [7, 11) is 1.90. The highest BCUT2D eigenvalue weighted by Gasteiger charge is 2.08. The minimum absolute atomic E-state index is 0.724. The molecule has 2 rings (SSSR count). The van der Waals surface area contributed by atoms with Gasteiger partial charge in [0.05, 0.1) is 0 Å². The van der Waals surface area contributed by atoms with Gasteiger partial charge in [0, 0.05) is 21.9 Å². The predicted molar refractivity (Wildman–Crippen MR) is 63.6 cm³/mol. The van der Waals surface area contributed by atoms with Gasteiger partial charge < -0.3 is 10.3 Å². The van der Waals surface area contributed by atoms with E-state index in [0.717, 1.165) is 20.6 Å². The van der Waals surface area contributed by atoms with Gasteiger partial charge >= 0.3 is 0 Å². The summed E-state index contributed by atoms with van der Waals surface area (Å²) >= 11 is 2.25. The number of nitrogens with two attached hydrogens (primary N) is 1. The van der Waals surface area contributed by atoms with Crippen molar-refractivity contribution in [1.82, 2.24) is 14.8 Å². The van der Waals surface area contributed by atoms with Gasteiger partial charge in [-0.25, -0.2) is 0 Å². The van der Waals surface area contributed by atoms with Crippen LogP contribution in [0.25, 0.3) is 11.4 Å². The van der Waals surface area contributed by atoms with E-state index in [1.165, 1.54) is 0 Å². The lowest BCUT2D eigenvalue weighted by atomic mass is 10.2. The van der Waals surface area contributed by atoms with Gasteiger partial charge in [-0.3, -0.25) is 0 Å². The number of halogens is 1. The van der Waals surface area contributed by atoms with Gasteiger partial charge in [-0.15, -0.1) is 10.2 Å². The molecule has 0 radical (unpaired) electrons. The van der Waals surface area contributed by atoms with Crippen molar-refractivity contribution in [3.63, 3.8) is 0 Å². The first-order valence-electron chi connectivity index (χ1n) is 4.08. The average molecular weight is 300 g/mol. The van der Waals surface area contributed by atoms with Gasteiger partial charge in [-0.05, 0) is 40.8 Å². The summed E-state index contributed by atoms with van der Waals surface area (Å²) in [5.74, 6) is 0.793. The van der Waals surface area contributed by atoms with Crippen LogP contribution in [-0.4, -0.2) is 14.8 Å². The number of nitrogen functional groups attached to an aromatic ring is 1. The lowest BCUT2D eigenvalue weighted by Crippen LogP contribution is -1.96. The molecule has 1 aromatic heterocycles. The second-order valence-electron chi connectivity index (χ2n) is 3.00. The van der Waals surface area contributed by atoms with Crippen molar-refractivity contribution in [3.8, 4) is 11.4 Å². The fourth-order valence-electron chi connectivity index (χ4n) is 1.25. The number of aromatic nitrogens is 3. The monoisotopic (exact) mass is 300 g/mol. The molecule has 0 aliphatic rings. The third-order valence-electron chi connectivity index (χ3n) is 1.97. The summed E-state index contributed by atoms with van der Waals surface area (Å²) in [4.78, 5) is 0. The predicted octanol–water partition coefficient (Wildman–Crippen LogP) is 1.67. The highest BCUT2D eigenvalue weighted by atomic mass is 127. The SMILES string of the molecule is Cn1cnnc1-c1cc(I)ccc1N. The Kier molecular flexibility index (Phi) is 2.40. The van der Waals surface area contributed by atoms with Gasteiger partial charge in [0.15, 0.2) is 5.82 Å². The molecule has 0 spiro atoms. The standard InChI is InChI=1S/C9H9IN4/c1-14-5-12-13-9(14)7-4-6(10)2-3-8(7)11/h2-5H,11H2,1H3. The molecule has 0 atom stereocenters. The van der Waals surface area contributed by atoms with E-state index in [9.17, 15) is 0 Å². The molecule has 72 valence electrons. The Morgan fingerprint density at radius 2 is 2.21 bits per heavy atom. The zero-order valence-corrected chi connectivity index (χ0v) is 9.76. The number of anilines is 1. The number of hydrogen-bond acceptors (Lipinski definition) is 3. The van der Waals surface area contributed by atoms with E-state index in [2.05, 4.69) is 32.8 Å². The number of hydrogen-bond donors (Lipinski definition) is 1. The van der Waals surface area contributed by atoms with Crippen LogP contribution in [0.4, 0.5) is 5.69 Å². The van der Waals surface area contributed by atoms with Crippen LogP contribution in [0.2, 0.25) is 0 Å². The molecule has 2 aromatic rings. The fraction of sp³-hybridized carbons (Fsp3) is 0.111. The normalized spacial score (nSPS) is 10.4. The topological polar surface area (TPSA) is 56.7 Å². The zero-order valence-electron chi connectivity index (χ0n) is 7.61. The lowest BCUT2D eigenvalue weighted by Gasteiger charge is -2.04. The van der Waals surface area contributed by atoms with Crippen LogP contribution in [0, 0.1) is 3.57 Å². The second kappa shape index (κ2) is 3.56. The Balaban J connectivity index is 2.62. The van der Waals surface area contributed by atoms with Crippen molar-refractivity contribution in [3.05, 3.63) is 28.1 Å². The summed E-state index contributed by atoms with van der Waals surface area (Å²) in [5, 5.41) is 7.84. The minimum Gasteiger partial charge on any atom is -0.398 e. The molecule has 0 saturated heterocycles. The van der Waals surface area contributed by atoms with Crippen LogP contribution in [0.1, 0.15) is 0 Å². The van der Waals surface area contributed by atoms with Crippen molar-refractivity contribution in [2.45, 2.75) is 0 Å². The van der Waals surface area contributed by atoms with E-state index < -0.39 is 0 Å². The first-order chi connectivity index (χ1) is 6.68. The van der Waals surface area contributed by atoms with Gasteiger partial charge in [-0.1, -0.05) is 0 Å². The quantitative estimate of drug-likeness (QED) is 0.644. The molecule has 0 amide bonds. The summed E-state index contributed by atoms with van der Waals surface area (Å²) in [6.45, 7) is 0. The van der Waals surface area contributed by atoms with Crippen molar-refractivity contribution < 1.29 is 0 Å². The molecule has 0 aliphatic carbocycles. The smallest absolute Gasteiger partial charge is 0.165 e. The van der Waals surface area contributed by atoms with Crippen LogP contribution in [-0.2, 0) is 7.05 Å². The van der Waals surface area contributed by atoms with Gasteiger partial charge in [-0.2, -0.15) is 0 Å². The maximum atomic E-state index is 5.87. The molecule has 0 saturated carbocycles. The van der Waals surface area contributed by atoms with Crippen LogP contribution in [0.15, 0.2) is 24.5 Å². The summed E-state index contributed by atoms with van der Waals surface area (Å²) in [6.07, 6.45) is 1.66. The molecular formula is C9H9IN4. The van der Waals surface area contributed by atoms with Crippen LogP contribution >= 0.6 is 22.6 Å². The van der Waals surface area contributed by atoms with Crippen molar-refractivity contribution in [2.75, 3.05) is 5.73 Å². The number of benzene rings is 1. The lowest BCUT2D eigenvalue weighted by molar-refractivity contribution is 0.920. The molecule has 1 heterocycles. The molecule has 14 heavy (non-hydrogen) atoms. The van der Waals surface area contributed by atoms with E-state index in [4.69, 9.17) is 5.73 Å². The molecule has 0 unspecified atom stereocenters. The van der Waals surface area contributed by atoms with Gasteiger partial charge in [0.25, 0.3) is 0 Å². The van der Waals surface area contributed by atoms with E-state index in [1.54, 1.807) is 6.33 Å². The van der Waals surface area contributed by atoms with Crippen molar-refractivity contribution >= 4 is 28.3 Å². The van der Waals surface area contributed by atoms with Crippen LogP contribution in [0.3, 0.4) is 0 Å². The first-order valence-corrected chi connectivity index (χ1v) is 5.16. The molecule has 0 bridgehead atoms. The summed E-state index contributed by atoms with van der Waals surface area (Å²) in [5.41, 5.74) is 7.52. The van der Waals surface area contributed by atoms with E-state index in [1.807, 2.05) is 29.8 Å². The van der Waals surface area contributed by atoms with Crippen LogP contribution in [0.5, 0.6) is 0 Å². The third kappa shape index (κ3) is 1.59. The maximum Gasteiger partial charge on any atom is 0.165 e. The Labute approximate surface area is 95.3 Å². The molecule has 2 N–H and O–H groups in total. The van der Waals surface area contributed by atoms with E-state index in [-0.39, 0.29) is 0 Å². The van der Waals surface area contributed by atoms with E-state index >= 15 is 0 Å². The fourth-order valence-corrected chi connectivity index (χ4v) is 1.74. The first kappa shape index (κ1) is 9.45. The molecule has 4 nitrogen and oxygen atoms in total. The van der Waals surface area contributed by atoms with Crippen molar-refractivity contribution in [1.29, 1.82) is 0 Å². The second-order valence-corrected chi connectivity index (χ2v) is 4.24. The molecule has 0 aliphatic heterocycles. The minimum atomic E-state index is 0.724. The van der Waals surface area contributed by atoms with E-state index in [0.29, 0.717) is 0 Å². The number of aryl methyl sites for hydroxylation is 1. The largest absolute Gasteiger partial charge is 0.398 e. The van der Waals surface area contributed by atoms with Gasteiger partial charge in [0.1, 0.15) is 6.33 Å². The maximum absolute atomic E-state index is 5.87. The molecule has 1 aromatic carbocycles. The molecular weight excluding hydrogens is 291 g/mol. The third-order valence-corrected chi connectivity index (χ3v) is 2.64. The highest BCUT2D eigenvalue weighted by molar-refractivity contribution is 14.1. The molecule has 5 heteroatoms. The summed E-state index contributed by atoms with van der Waals surface area (Å²) < 4.78 is 2.98. The Morgan fingerprint density at radius 3 is 2.86 bits per heavy atom. The van der Waals surface area contributed by atoms with Crippen molar-refractivity contribution in [2.24, 2.45) is 7.05 Å². The number of rotatable bonds is 1. The average Bonchev–Trinajstić information content (AvgIpc) is 2.56.